The van der Waals surface area contributed by atoms with E-state index in [9.17, 15) is 0 Å². The molecule has 0 bridgehead atoms. The maximum Gasteiger partial charge on any atom is -0.147 e. The number of rotatable bonds is 10. The van der Waals surface area contributed by atoms with Crippen LogP contribution in [0.25, 0.3) is 34.4 Å². The number of allylic oxidation sites excluding steroid dienone is 2. The average Bonchev–Trinajstić information content (AvgIpc) is 3.95. The van der Waals surface area contributed by atoms with Gasteiger partial charge < -0.3 is 0 Å². The van der Waals surface area contributed by atoms with Gasteiger partial charge >= 0.3 is 320 Å². The van der Waals surface area contributed by atoms with Gasteiger partial charge in [0.25, 0.3) is 0 Å². The number of hydrogen-bond acceptors (Lipinski definition) is 0. The van der Waals surface area contributed by atoms with Crippen molar-refractivity contribution in [3.8, 4) is 22.3 Å². The van der Waals surface area contributed by atoms with Gasteiger partial charge in [0.1, 0.15) is 0 Å². The minimum Gasteiger partial charge on any atom is -0.147 e. The van der Waals surface area contributed by atoms with Gasteiger partial charge in [0.15, 0.2) is 0 Å². The van der Waals surface area contributed by atoms with E-state index in [0.29, 0.717) is 19.1 Å². The summed E-state index contributed by atoms with van der Waals surface area (Å²) in [6.07, 6.45) is 19.3. The minimum atomic E-state index is -3.79. The molecule has 2 unspecified atom stereocenters. The van der Waals surface area contributed by atoms with Gasteiger partial charge in [-0.3, -0.25) is 0 Å². The van der Waals surface area contributed by atoms with Crippen molar-refractivity contribution in [2.24, 2.45) is 11.8 Å². The molecule has 2 atom stereocenters. The molecule has 4 aliphatic carbocycles. The summed E-state index contributed by atoms with van der Waals surface area (Å²) in [4.78, 5) is 0. The molecule has 0 saturated heterocycles. The van der Waals surface area contributed by atoms with Crippen LogP contribution in [0.1, 0.15) is 144 Å². The molecule has 0 aliphatic heterocycles. The fraction of sp³-hybridized carbons (Fsp3) is 0.440. The minimum absolute atomic E-state index is 0. The SMILES string of the molecule is CC(C)c1ccc(-c2cccc3c2C=C(CC2CCCC2)[CH]3[Zr]([CH3])([CH3])(=[SiH2])[CH]2C(CC3CCCC3)=Cc3c(-c4ccc(C(C)C)cc4)cccc32)cc1.Cl.Cl. The Kier molecular flexibility index (Phi) is 12.7. The molecule has 286 valence electrons. The Labute approximate surface area is 342 Å². The predicted molar refractivity (Wildman–Crippen MR) is 241 cm³/mol. The van der Waals surface area contributed by atoms with Gasteiger partial charge in [-0.15, -0.1) is 24.8 Å². The van der Waals surface area contributed by atoms with Crippen molar-refractivity contribution in [3.63, 3.8) is 0 Å². The van der Waals surface area contributed by atoms with Gasteiger partial charge in [0.05, 0.1) is 0 Å². The summed E-state index contributed by atoms with van der Waals surface area (Å²) >= 11 is -3.79. The van der Waals surface area contributed by atoms with Gasteiger partial charge in [-0.2, -0.15) is 0 Å². The van der Waals surface area contributed by atoms with Gasteiger partial charge in [0.2, 0.25) is 0 Å². The van der Waals surface area contributed by atoms with Gasteiger partial charge in [-0.25, -0.2) is 0 Å². The van der Waals surface area contributed by atoms with E-state index in [1.54, 1.807) is 22.3 Å². The standard InChI is InChI=1S/2C24H27.2CH3.2ClH.H2Si.Zr/c2*1-17(2)20-10-12-21(13-11-20)23-9-5-8-22-15-19(16-24(22)23)14-18-6-3-4-7-18;;;;;;/h2*5,8-13,15-18H,3-4,6-7,14H2,1-2H3;2*1H3;2*1H;1H2;. The molecule has 54 heavy (non-hydrogen) atoms. The fourth-order valence-electron chi connectivity index (χ4n) is 11.4. The predicted octanol–water partition coefficient (Wildman–Crippen LogP) is 15.2. The Morgan fingerprint density at radius 1 is 0.537 bits per heavy atom. The molecule has 4 aromatic carbocycles. The molecule has 0 heterocycles. The van der Waals surface area contributed by atoms with E-state index in [1.165, 1.54) is 109 Å². The fourth-order valence-corrected chi connectivity index (χ4v) is 31.1. The first-order valence-electron chi connectivity index (χ1n) is 20.9. The van der Waals surface area contributed by atoms with Crippen molar-refractivity contribution in [2.45, 2.75) is 120 Å². The summed E-state index contributed by atoms with van der Waals surface area (Å²) in [6.45, 7) is 11.8. The quantitative estimate of drug-likeness (QED) is 0.139. The molecule has 4 aliphatic rings. The maximum absolute atomic E-state index is 3.79. The van der Waals surface area contributed by atoms with Gasteiger partial charge in [-0.1, -0.05) is 0 Å². The van der Waals surface area contributed by atoms with Crippen LogP contribution in [0.15, 0.2) is 96.1 Å². The Morgan fingerprint density at radius 3 is 1.22 bits per heavy atom. The van der Waals surface area contributed by atoms with Gasteiger partial charge in [-0.05, 0) is 0 Å². The van der Waals surface area contributed by atoms with Crippen LogP contribution in [-0.4, -0.2) is 6.88 Å². The molecule has 0 amide bonds. The molecule has 2 fully saturated rings. The molecule has 0 aromatic heterocycles. The van der Waals surface area contributed by atoms with Crippen LogP contribution in [0.4, 0.5) is 0 Å². The first-order valence-corrected chi connectivity index (χ1v) is 34.6. The summed E-state index contributed by atoms with van der Waals surface area (Å²) in [7, 11) is 0. The number of fused-ring (bicyclic) bond motifs is 2. The number of hydrogen-bond donors (Lipinski definition) is 0. The second kappa shape index (κ2) is 16.5. The molecule has 4 heteroatoms. The van der Waals surface area contributed by atoms with E-state index < -0.39 is 17.4 Å². The Bertz CT molecular complexity index is 1940. The third-order valence-electron chi connectivity index (χ3n) is 14.0. The number of benzene rings is 4. The Balaban J connectivity index is 0.00000249. The largest absolute Gasteiger partial charge is 0.147 e. The van der Waals surface area contributed by atoms with E-state index in [0.717, 1.165) is 11.8 Å². The zero-order valence-corrected chi connectivity index (χ0v) is 39.3. The van der Waals surface area contributed by atoms with Crippen LogP contribution < -0.4 is 0 Å². The molecule has 4 aromatic rings. The summed E-state index contributed by atoms with van der Waals surface area (Å²) < 4.78 is 6.92. The summed E-state index contributed by atoms with van der Waals surface area (Å²) in [6, 6.07) is 33.8. The van der Waals surface area contributed by atoms with Crippen molar-refractivity contribution in [2.75, 3.05) is 0 Å². The maximum atomic E-state index is 2.89. The molecular weight excluding hydrogens is 791 g/mol. The molecule has 2 saturated carbocycles. The number of halogens is 2. The van der Waals surface area contributed by atoms with Gasteiger partial charge in [0, 0.05) is 0 Å². The summed E-state index contributed by atoms with van der Waals surface area (Å²) in [5.74, 6) is 2.79. The van der Waals surface area contributed by atoms with Crippen molar-refractivity contribution >= 4 is 43.8 Å². The third-order valence-corrected chi connectivity index (χ3v) is 31.5. The van der Waals surface area contributed by atoms with Crippen molar-refractivity contribution in [3.05, 3.63) is 129 Å². The molecule has 0 radical (unpaired) electrons. The second-order valence-corrected chi connectivity index (χ2v) is 49.6. The zero-order valence-electron chi connectivity index (χ0n) is 33.8. The van der Waals surface area contributed by atoms with Crippen LogP contribution in [-0.2, 0) is 17.4 Å². The van der Waals surface area contributed by atoms with E-state index >= 15 is 0 Å². The Morgan fingerprint density at radius 2 is 0.889 bits per heavy atom. The zero-order chi connectivity index (χ0) is 36.2. The second-order valence-electron chi connectivity index (χ2n) is 19.1. The topological polar surface area (TPSA) is 0 Å². The normalized spacial score (nSPS) is 20.1. The molecule has 8 rings (SSSR count). The van der Waals surface area contributed by atoms with Crippen molar-refractivity contribution in [1.82, 2.24) is 0 Å². The van der Waals surface area contributed by atoms with Crippen molar-refractivity contribution in [1.29, 1.82) is 0 Å². The Hall–Kier alpha value is -1.96. The molecule has 0 nitrogen and oxygen atoms in total. The first-order chi connectivity index (χ1) is 25.0. The van der Waals surface area contributed by atoms with Crippen LogP contribution in [0.5, 0.6) is 0 Å². The smallest absolute Gasteiger partial charge is 0.147 e. The first kappa shape index (κ1) is 41.7. The van der Waals surface area contributed by atoms with Crippen LogP contribution in [0.2, 0.25) is 9.26 Å². The van der Waals surface area contributed by atoms with E-state index in [-0.39, 0.29) is 24.8 Å². The average molecular weight is 855 g/mol. The monoisotopic (exact) mass is 852 g/mol. The van der Waals surface area contributed by atoms with Crippen molar-refractivity contribution < 1.29 is 17.4 Å². The third kappa shape index (κ3) is 7.82. The van der Waals surface area contributed by atoms with E-state index in [4.69, 9.17) is 0 Å². The molecule has 0 N–H and O–H groups in total. The molecular formula is C50H64Cl2SiZr. The van der Waals surface area contributed by atoms with Crippen LogP contribution >= 0.6 is 24.8 Å². The molecule has 0 spiro atoms. The van der Waals surface area contributed by atoms with E-state index in [1.807, 2.05) is 0 Å². The van der Waals surface area contributed by atoms with Crippen LogP contribution in [0.3, 0.4) is 0 Å². The summed E-state index contributed by atoms with van der Waals surface area (Å²) in [5.41, 5.74) is 18.4. The van der Waals surface area contributed by atoms with E-state index in [2.05, 4.69) is 141 Å². The summed E-state index contributed by atoms with van der Waals surface area (Å²) in [5, 5.41) is 0. The van der Waals surface area contributed by atoms with Crippen LogP contribution in [0, 0.1) is 11.8 Å².